The number of nitrogens with one attached hydrogen (secondary N) is 1. The minimum absolute atomic E-state index is 0.0323. The summed E-state index contributed by atoms with van der Waals surface area (Å²) in [4.78, 5) is 14.7. The van der Waals surface area contributed by atoms with Gasteiger partial charge in [0.2, 0.25) is 5.91 Å². The number of hydrogen-bond donors (Lipinski definition) is 1. The highest BCUT2D eigenvalue weighted by atomic mass is 35.5. The van der Waals surface area contributed by atoms with Crippen LogP contribution in [-0.2, 0) is 9.53 Å². The standard InChI is InChI=1S/C17H25ClN2O2/c1-10-6-11(2)16(15(18)7-10)19-17(21)14(5)20-8-12(3)22-13(4)9-20/h6-7,12-14H,8-9H2,1-5H3,(H,19,21)/t12-,13-,14-/m0/s1. The van der Waals surface area contributed by atoms with Crippen LogP contribution in [0.25, 0.3) is 0 Å². The number of anilines is 1. The average Bonchev–Trinajstić information content (AvgIpc) is 2.40. The number of carbonyl (C=O) groups excluding carboxylic acids is 1. The molecule has 1 aliphatic heterocycles. The predicted octanol–water partition coefficient (Wildman–Crippen LogP) is 3.39. The molecule has 0 radical (unpaired) electrons. The minimum atomic E-state index is -0.217. The third-order valence-corrected chi connectivity index (χ3v) is 4.35. The van der Waals surface area contributed by atoms with Crippen LogP contribution in [-0.4, -0.2) is 42.1 Å². The van der Waals surface area contributed by atoms with Crippen LogP contribution in [0.1, 0.15) is 31.9 Å². The van der Waals surface area contributed by atoms with Gasteiger partial charge in [0.25, 0.3) is 0 Å². The molecule has 0 spiro atoms. The molecule has 0 aromatic heterocycles. The molecule has 1 amide bonds. The summed E-state index contributed by atoms with van der Waals surface area (Å²) < 4.78 is 5.72. The normalized spacial score (nSPS) is 24.1. The van der Waals surface area contributed by atoms with Crippen molar-refractivity contribution >= 4 is 23.2 Å². The lowest BCUT2D eigenvalue weighted by molar-refractivity contribution is -0.126. The van der Waals surface area contributed by atoms with E-state index in [4.69, 9.17) is 16.3 Å². The largest absolute Gasteiger partial charge is 0.373 e. The summed E-state index contributed by atoms with van der Waals surface area (Å²) in [5.41, 5.74) is 2.78. The van der Waals surface area contributed by atoms with Gasteiger partial charge in [-0.3, -0.25) is 9.69 Å². The van der Waals surface area contributed by atoms with Crippen LogP contribution in [0.15, 0.2) is 12.1 Å². The van der Waals surface area contributed by atoms with E-state index in [1.807, 2.05) is 46.8 Å². The van der Waals surface area contributed by atoms with Gasteiger partial charge < -0.3 is 10.1 Å². The first kappa shape index (κ1) is 17.3. The number of hydrogen-bond acceptors (Lipinski definition) is 3. The summed E-state index contributed by atoms with van der Waals surface area (Å²) >= 11 is 6.27. The number of aryl methyl sites for hydroxylation is 2. The van der Waals surface area contributed by atoms with Gasteiger partial charge in [-0.1, -0.05) is 17.7 Å². The highest BCUT2D eigenvalue weighted by Gasteiger charge is 2.29. The van der Waals surface area contributed by atoms with Crippen molar-refractivity contribution in [2.75, 3.05) is 18.4 Å². The van der Waals surface area contributed by atoms with Crippen LogP contribution in [0.3, 0.4) is 0 Å². The van der Waals surface area contributed by atoms with E-state index in [1.54, 1.807) is 0 Å². The van der Waals surface area contributed by atoms with E-state index in [0.29, 0.717) is 10.7 Å². The van der Waals surface area contributed by atoms with Crippen molar-refractivity contribution < 1.29 is 9.53 Å². The molecule has 2 rings (SSSR count). The molecule has 0 aliphatic carbocycles. The lowest BCUT2D eigenvalue weighted by Crippen LogP contribution is -2.52. The van der Waals surface area contributed by atoms with Crippen molar-refractivity contribution in [2.45, 2.75) is 52.9 Å². The number of morpholine rings is 1. The van der Waals surface area contributed by atoms with E-state index in [9.17, 15) is 4.79 Å². The molecule has 122 valence electrons. The fourth-order valence-corrected chi connectivity index (χ4v) is 3.37. The zero-order valence-electron chi connectivity index (χ0n) is 13.9. The van der Waals surface area contributed by atoms with Gasteiger partial charge >= 0.3 is 0 Å². The van der Waals surface area contributed by atoms with Crippen LogP contribution in [0.4, 0.5) is 5.69 Å². The summed E-state index contributed by atoms with van der Waals surface area (Å²) in [6.07, 6.45) is 0.285. The molecule has 5 heteroatoms. The highest BCUT2D eigenvalue weighted by molar-refractivity contribution is 6.34. The number of ether oxygens (including phenoxy) is 1. The molecular weight excluding hydrogens is 300 g/mol. The smallest absolute Gasteiger partial charge is 0.241 e. The van der Waals surface area contributed by atoms with Crippen molar-refractivity contribution in [3.63, 3.8) is 0 Å². The van der Waals surface area contributed by atoms with Crippen LogP contribution < -0.4 is 5.32 Å². The Morgan fingerprint density at radius 1 is 1.32 bits per heavy atom. The summed E-state index contributed by atoms with van der Waals surface area (Å²) in [7, 11) is 0. The van der Waals surface area contributed by atoms with E-state index in [1.165, 1.54) is 0 Å². The Morgan fingerprint density at radius 2 is 1.91 bits per heavy atom. The Hall–Kier alpha value is -1.10. The molecule has 1 aromatic carbocycles. The van der Waals surface area contributed by atoms with Gasteiger partial charge in [0.15, 0.2) is 0 Å². The van der Waals surface area contributed by atoms with Gasteiger partial charge in [-0.25, -0.2) is 0 Å². The van der Waals surface area contributed by atoms with Gasteiger partial charge in [-0.15, -0.1) is 0 Å². The van der Waals surface area contributed by atoms with Crippen molar-refractivity contribution in [2.24, 2.45) is 0 Å². The van der Waals surface area contributed by atoms with Gasteiger partial charge in [-0.05, 0) is 51.8 Å². The molecular formula is C17H25ClN2O2. The Kier molecular flexibility index (Phi) is 5.48. The third-order valence-electron chi connectivity index (χ3n) is 4.05. The quantitative estimate of drug-likeness (QED) is 0.926. The molecule has 1 saturated heterocycles. The number of amides is 1. The predicted molar refractivity (Wildman–Crippen MR) is 90.6 cm³/mol. The summed E-state index contributed by atoms with van der Waals surface area (Å²) in [5.74, 6) is -0.0323. The molecule has 4 nitrogen and oxygen atoms in total. The van der Waals surface area contributed by atoms with E-state index in [2.05, 4.69) is 10.2 Å². The first-order valence-corrected chi connectivity index (χ1v) is 8.13. The molecule has 0 bridgehead atoms. The fourth-order valence-electron chi connectivity index (χ4n) is 3.00. The first-order valence-electron chi connectivity index (χ1n) is 7.75. The first-order chi connectivity index (χ1) is 10.3. The molecule has 0 unspecified atom stereocenters. The molecule has 1 aromatic rings. The van der Waals surface area contributed by atoms with Crippen molar-refractivity contribution in [1.82, 2.24) is 4.90 Å². The van der Waals surface area contributed by atoms with Crippen molar-refractivity contribution in [3.8, 4) is 0 Å². The molecule has 1 N–H and O–H groups in total. The minimum Gasteiger partial charge on any atom is -0.373 e. The van der Waals surface area contributed by atoms with Gasteiger partial charge in [0.1, 0.15) is 0 Å². The molecule has 1 heterocycles. The Morgan fingerprint density at radius 3 is 2.45 bits per heavy atom. The zero-order chi connectivity index (χ0) is 16.4. The van der Waals surface area contributed by atoms with E-state index in [-0.39, 0.29) is 24.2 Å². The third kappa shape index (κ3) is 4.00. The van der Waals surface area contributed by atoms with Crippen LogP contribution in [0, 0.1) is 13.8 Å². The maximum Gasteiger partial charge on any atom is 0.241 e. The van der Waals surface area contributed by atoms with E-state index >= 15 is 0 Å². The number of halogens is 1. The number of rotatable bonds is 3. The van der Waals surface area contributed by atoms with E-state index < -0.39 is 0 Å². The Bertz CT molecular complexity index is 529. The van der Waals surface area contributed by atoms with Gasteiger partial charge in [-0.2, -0.15) is 0 Å². The summed E-state index contributed by atoms with van der Waals surface area (Å²) in [5, 5.41) is 3.56. The maximum atomic E-state index is 12.6. The Labute approximate surface area is 137 Å². The lowest BCUT2D eigenvalue weighted by atomic mass is 10.1. The van der Waals surface area contributed by atoms with E-state index in [0.717, 1.165) is 24.2 Å². The fraction of sp³-hybridized carbons (Fsp3) is 0.588. The number of benzene rings is 1. The van der Waals surface area contributed by atoms with Crippen molar-refractivity contribution in [3.05, 3.63) is 28.3 Å². The highest BCUT2D eigenvalue weighted by Crippen LogP contribution is 2.27. The zero-order valence-corrected chi connectivity index (χ0v) is 14.7. The van der Waals surface area contributed by atoms with Crippen LogP contribution in [0.2, 0.25) is 5.02 Å². The summed E-state index contributed by atoms with van der Waals surface area (Å²) in [6.45, 7) is 11.5. The van der Waals surface area contributed by atoms with Crippen molar-refractivity contribution in [1.29, 1.82) is 0 Å². The summed E-state index contributed by atoms with van der Waals surface area (Å²) in [6, 6.07) is 3.67. The van der Waals surface area contributed by atoms with Crippen LogP contribution >= 0.6 is 11.6 Å². The molecule has 1 aliphatic rings. The second kappa shape index (κ2) is 6.99. The maximum absolute atomic E-state index is 12.6. The lowest BCUT2D eigenvalue weighted by Gasteiger charge is -2.38. The average molecular weight is 325 g/mol. The second-order valence-corrected chi connectivity index (χ2v) is 6.72. The molecule has 3 atom stereocenters. The van der Waals surface area contributed by atoms with Gasteiger partial charge in [0, 0.05) is 13.1 Å². The topological polar surface area (TPSA) is 41.6 Å². The number of carbonyl (C=O) groups is 1. The SMILES string of the molecule is Cc1cc(C)c(NC(=O)[C@H](C)N2C[C@H](C)O[C@@H](C)C2)c(Cl)c1. The Balaban J connectivity index is 2.09. The molecule has 0 saturated carbocycles. The second-order valence-electron chi connectivity index (χ2n) is 6.32. The van der Waals surface area contributed by atoms with Gasteiger partial charge in [0.05, 0.1) is 29.0 Å². The monoisotopic (exact) mass is 324 g/mol. The molecule has 1 fully saturated rings. The molecule has 22 heavy (non-hydrogen) atoms. The van der Waals surface area contributed by atoms with Crippen LogP contribution in [0.5, 0.6) is 0 Å². The number of nitrogens with zero attached hydrogens (tertiary/aromatic N) is 1.